The molecule has 0 fully saturated rings. The summed E-state index contributed by atoms with van der Waals surface area (Å²) in [6.45, 7) is 3.28. The first-order valence-electron chi connectivity index (χ1n) is 4.84. The van der Waals surface area contributed by atoms with Crippen molar-refractivity contribution < 1.29 is 9.13 Å². The van der Waals surface area contributed by atoms with Crippen LogP contribution in [0.4, 0.5) is 15.8 Å². The molecule has 0 radical (unpaired) electrons. The highest BCUT2D eigenvalue weighted by molar-refractivity contribution is 5.68. The summed E-state index contributed by atoms with van der Waals surface area (Å²) in [5, 5.41) is 2.99. The minimum absolute atomic E-state index is 0.200. The SMILES string of the molecule is CCOc1cc(NCCN)c(N)cc1F. The molecule has 0 spiro atoms. The molecule has 0 saturated carbocycles. The number of hydrogen-bond donors (Lipinski definition) is 3. The summed E-state index contributed by atoms with van der Waals surface area (Å²) in [4.78, 5) is 0. The van der Waals surface area contributed by atoms with Crippen LogP contribution in [0.5, 0.6) is 5.75 Å². The van der Waals surface area contributed by atoms with E-state index in [0.29, 0.717) is 31.1 Å². The van der Waals surface area contributed by atoms with Crippen LogP contribution in [0.25, 0.3) is 0 Å². The molecular formula is C10H16FN3O. The number of anilines is 2. The third-order valence-corrected chi connectivity index (χ3v) is 1.86. The summed E-state index contributed by atoms with van der Waals surface area (Å²) in [5.41, 5.74) is 12.0. The van der Waals surface area contributed by atoms with E-state index < -0.39 is 5.82 Å². The molecule has 0 aromatic heterocycles. The molecule has 5 N–H and O–H groups in total. The molecule has 0 aliphatic rings. The van der Waals surface area contributed by atoms with Crippen molar-refractivity contribution in [2.75, 3.05) is 30.7 Å². The van der Waals surface area contributed by atoms with Gasteiger partial charge in [-0.3, -0.25) is 0 Å². The number of nitrogens with one attached hydrogen (secondary N) is 1. The molecule has 1 rings (SSSR count). The Labute approximate surface area is 88.4 Å². The number of nitrogens with two attached hydrogens (primary N) is 2. The lowest BCUT2D eigenvalue weighted by Gasteiger charge is -2.11. The molecule has 0 saturated heterocycles. The molecule has 0 atom stereocenters. The molecule has 0 heterocycles. The van der Waals surface area contributed by atoms with E-state index in [4.69, 9.17) is 16.2 Å². The van der Waals surface area contributed by atoms with Crippen molar-refractivity contribution in [1.82, 2.24) is 0 Å². The van der Waals surface area contributed by atoms with Crippen LogP contribution in [-0.2, 0) is 0 Å². The highest BCUT2D eigenvalue weighted by Gasteiger charge is 2.08. The van der Waals surface area contributed by atoms with Crippen molar-refractivity contribution in [1.29, 1.82) is 0 Å². The number of halogens is 1. The lowest BCUT2D eigenvalue weighted by molar-refractivity contribution is 0.322. The van der Waals surface area contributed by atoms with Crippen LogP contribution in [0.1, 0.15) is 6.92 Å². The van der Waals surface area contributed by atoms with E-state index >= 15 is 0 Å². The molecule has 0 aliphatic heterocycles. The zero-order chi connectivity index (χ0) is 11.3. The largest absolute Gasteiger partial charge is 0.491 e. The fourth-order valence-corrected chi connectivity index (χ4v) is 1.19. The van der Waals surface area contributed by atoms with Crippen LogP contribution >= 0.6 is 0 Å². The molecule has 4 nitrogen and oxygen atoms in total. The van der Waals surface area contributed by atoms with Crippen LogP contribution in [0.3, 0.4) is 0 Å². The van der Waals surface area contributed by atoms with Gasteiger partial charge in [-0.15, -0.1) is 0 Å². The Balaban J connectivity index is 2.90. The van der Waals surface area contributed by atoms with Gasteiger partial charge in [0.05, 0.1) is 18.0 Å². The molecule has 15 heavy (non-hydrogen) atoms. The molecule has 84 valence electrons. The molecule has 0 amide bonds. The fourth-order valence-electron chi connectivity index (χ4n) is 1.19. The summed E-state index contributed by atoms with van der Waals surface area (Å²) in [7, 11) is 0. The second-order valence-electron chi connectivity index (χ2n) is 3.02. The first-order valence-corrected chi connectivity index (χ1v) is 4.84. The van der Waals surface area contributed by atoms with Gasteiger partial charge in [0.25, 0.3) is 0 Å². The van der Waals surface area contributed by atoms with Crippen molar-refractivity contribution in [3.05, 3.63) is 17.9 Å². The van der Waals surface area contributed by atoms with E-state index in [9.17, 15) is 4.39 Å². The van der Waals surface area contributed by atoms with E-state index in [0.717, 1.165) is 0 Å². The van der Waals surface area contributed by atoms with Gasteiger partial charge in [0.1, 0.15) is 0 Å². The number of rotatable bonds is 5. The molecule has 1 aromatic carbocycles. The number of nitrogen functional groups attached to an aromatic ring is 1. The van der Waals surface area contributed by atoms with Crippen molar-refractivity contribution in [3.63, 3.8) is 0 Å². The number of ether oxygens (including phenoxy) is 1. The Bertz CT molecular complexity index is 331. The molecule has 0 unspecified atom stereocenters. The van der Waals surface area contributed by atoms with Gasteiger partial charge in [0, 0.05) is 25.2 Å². The maximum Gasteiger partial charge on any atom is 0.167 e. The first kappa shape index (κ1) is 11.6. The minimum atomic E-state index is -0.451. The fraction of sp³-hybridized carbons (Fsp3) is 0.400. The summed E-state index contributed by atoms with van der Waals surface area (Å²) in [5.74, 6) is -0.251. The lowest BCUT2D eigenvalue weighted by Crippen LogP contribution is -2.14. The van der Waals surface area contributed by atoms with Crippen LogP contribution in [0.2, 0.25) is 0 Å². The van der Waals surface area contributed by atoms with Crippen LogP contribution in [0, 0.1) is 5.82 Å². The quantitative estimate of drug-likeness (QED) is 0.642. The van der Waals surface area contributed by atoms with Gasteiger partial charge in [0.2, 0.25) is 0 Å². The van der Waals surface area contributed by atoms with Crippen LogP contribution < -0.4 is 21.5 Å². The highest BCUT2D eigenvalue weighted by Crippen LogP contribution is 2.27. The second-order valence-corrected chi connectivity index (χ2v) is 3.02. The van der Waals surface area contributed by atoms with Crippen molar-refractivity contribution in [2.45, 2.75) is 6.92 Å². The van der Waals surface area contributed by atoms with Gasteiger partial charge in [0.15, 0.2) is 11.6 Å². The predicted molar refractivity (Wildman–Crippen MR) is 59.5 cm³/mol. The van der Waals surface area contributed by atoms with E-state index in [1.54, 1.807) is 13.0 Å². The first-order chi connectivity index (χ1) is 7.19. The molecular weight excluding hydrogens is 197 g/mol. The molecule has 0 aliphatic carbocycles. The Kier molecular flexibility index (Phi) is 4.17. The van der Waals surface area contributed by atoms with Gasteiger partial charge in [-0.05, 0) is 6.92 Å². The predicted octanol–water partition coefficient (Wildman–Crippen LogP) is 1.18. The summed E-state index contributed by atoms with van der Waals surface area (Å²) >= 11 is 0. The number of benzene rings is 1. The highest BCUT2D eigenvalue weighted by atomic mass is 19.1. The van der Waals surface area contributed by atoms with Crippen molar-refractivity contribution in [2.24, 2.45) is 5.73 Å². The maximum atomic E-state index is 13.3. The Morgan fingerprint density at radius 1 is 1.47 bits per heavy atom. The number of hydrogen-bond acceptors (Lipinski definition) is 4. The van der Waals surface area contributed by atoms with Gasteiger partial charge in [-0.2, -0.15) is 0 Å². The van der Waals surface area contributed by atoms with E-state index in [-0.39, 0.29) is 5.75 Å². The summed E-state index contributed by atoms with van der Waals surface area (Å²) in [6, 6.07) is 2.79. The zero-order valence-electron chi connectivity index (χ0n) is 8.72. The third kappa shape index (κ3) is 2.99. The van der Waals surface area contributed by atoms with Gasteiger partial charge in [-0.25, -0.2) is 4.39 Å². The third-order valence-electron chi connectivity index (χ3n) is 1.86. The van der Waals surface area contributed by atoms with Gasteiger partial charge >= 0.3 is 0 Å². The topological polar surface area (TPSA) is 73.3 Å². The maximum absolute atomic E-state index is 13.3. The monoisotopic (exact) mass is 213 g/mol. The Morgan fingerprint density at radius 3 is 2.80 bits per heavy atom. The Hall–Kier alpha value is -1.49. The van der Waals surface area contributed by atoms with E-state index in [1.807, 2.05) is 0 Å². The molecule has 1 aromatic rings. The zero-order valence-corrected chi connectivity index (χ0v) is 8.72. The van der Waals surface area contributed by atoms with Crippen LogP contribution in [-0.4, -0.2) is 19.7 Å². The van der Waals surface area contributed by atoms with E-state index in [1.165, 1.54) is 6.07 Å². The smallest absolute Gasteiger partial charge is 0.167 e. The van der Waals surface area contributed by atoms with Crippen LogP contribution in [0.15, 0.2) is 12.1 Å². The molecule has 0 bridgehead atoms. The van der Waals surface area contributed by atoms with Crippen molar-refractivity contribution in [3.8, 4) is 5.75 Å². The summed E-state index contributed by atoms with van der Waals surface area (Å²) < 4.78 is 18.4. The average Bonchev–Trinajstić information content (AvgIpc) is 2.20. The Morgan fingerprint density at radius 2 is 2.20 bits per heavy atom. The van der Waals surface area contributed by atoms with E-state index in [2.05, 4.69) is 5.32 Å². The van der Waals surface area contributed by atoms with Gasteiger partial charge in [-0.1, -0.05) is 0 Å². The standard InChI is InChI=1S/C10H16FN3O/c1-2-15-10-6-9(14-4-3-12)8(13)5-7(10)11/h5-6,14H,2-4,12-13H2,1H3. The lowest BCUT2D eigenvalue weighted by atomic mass is 10.2. The van der Waals surface area contributed by atoms with Crippen molar-refractivity contribution >= 4 is 11.4 Å². The minimum Gasteiger partial charge on any atom is -0.491 e. The normalized spacial score (nSPS) is 10.1. The van der Waals surface area contributed by atoms with Gasteiger partial charge < -0.3 is 21.5 Å². The second kappa shape index (κ2) is 5.41. The molecule has 5 heteroatoms. The average molecular weight is 213 g/mol. The summed E-state index contributed by atoms with van der Waals surface area (Å²) in [6.07, 6.45) is 0.